The average Bonchev–Trinajstić information content (AvgIpc) is 2.90. The zero-order valence-corrected chi connectivity index (χ0v) is 13.4. The molecule has 0 unspecified atom stereocenters. The summed E-state index contributed by atoms with van der Waals surface area (Å²) >= 11 is 13.2. The highest BCUT2D eigenvalue weighted by molar-refractivity contribution is 7.17. The lowest BCUT2D eigenvalue weighted by Gasteiger charge is -2.04. The van der Waals surface area contributed by atoms with Crippen molar-refractivity contribution in [3.8, 4) is 23.5 Å². The number of rotatable bonds is 2. The highest BCUT2D eigenvalue weighted by Crippen LogP contribution is 2.33. The summed E-state index contributed by atoms with van der Waals surface area (Å²) in [4.78, 5) is 27.6. The Morgan fingerprint density at radius 1 is 1.27 bits per heavy atom. The molecule has 2 aromatic heterocycles. The molecule has 0 aliphatic heterocycles. The third kappa shape index (κ3) is 2.35. The molecule has 0 atom stereocenters. The molecule has 3 aromatic rings. The van der Waals surface area contributed by atoms with Crippen LogP contribution in [0.1, 0.15) is 0 Å². The van der Waals surface area contributed by atoms with E-state index in [1.807, 2.05) is 0 Å². The number of nitrogens with one attached hydrogen (secondary N) is 1. The fourth-order valence-corrected chi connectivity index (χ4v) is 3.41. The first-order valence-corrected chi connectivity index (χ1v) is 7.79. The highest BCUT2D eigenvalue weighted by atomic mass is 35.5. The van der Waals surface area contributed by atoms with Crippen molar-refractivity contribution >= 4 is 44.8 Å². The van der Waals surface area contributed by atoms with Crippen LogP contribution >= 0.6 is 34.5 Å². The topological polar surface area (TPSA) is 54.9 Å². The Hall–Kier alpha value is -2.00. The van der Waals surface area contributed by atoms with Gasteiger partial charge in [0.15, 0.2) is 0 Å². The van der Waals surface area contributed by atoms with Crippen LogP contribution in [0.25, 0.3) is 21.3 Å². The third-order valence-corrected chi connectivity index (χ3v) is 4.83. The lowest BCUT2D eigenvalue weighted by atomic mass is 10.1. The van der Waals surface area contributed by atoms with E-state index in [1.54, 1.807) is 23.6 Å². The smallest absolute Gasteiger partial charge is 0.298 e. The van der Waals surface area contributed by atoms with E-state index in [2.05, 4.69) is 10.9 Å². The molecule has 0 fully saturated rings. The van der Waals surface area contributed by atoms with E-state index in [1.165, 1.54) is 11.3 Å². The minimum atomic E-state index is -0.516. The van der Waals surface area contributed by atoms with Crippen LogP contribution in [0.5, 0.6) is 0 Å². The van der Waals surface area contributed by atoms with Crippen LogP contribution in [0.4, 0.5) is 0 Å². The molecular weight excluding hydrogens is 343 g/mol. The number of thiophene rings is 1. The predicted octanol–water partition coefficient (Wildman–Crippen LogP) is 3.36. The van der Waals surface area contributed by atoms with Gasteiger partial charge < -0.3 is 0 Å². The fourth-order valence-electron chi connectivity index (χ4n) is 2.17. The molecule has 0 aliphatic carbocycles. The third-order valence-electron chi connectivity index (χ3n) is 3.20. The van der Waals surface area contributed by atoms with Crippen LogP contribution < -0.4 is 11.2 Å². The van der Waals surface area contributed by atoms with Gasteiger partial charge in [-0.05, 0) is 17.7 Å². The number of hydrogen-bond acceptors (Lipinski definition) is 3. The Bertz CT molecular complexity index is 1040. The van der Waals surface area contributed by atoms with E-state index < -0.39 is 11.2 Å². The first kappa shape index (κ1) is 14.9. The first-order valence-electron chi connectivity index (χ1n) is 6.16. The molecule has 22 heavy (non-hydrogen) atoms. The number of terminal acetylenes is 1. The maximum atomic E-state index is 12.5. The van der Waals surface area contributed by atoms with Crippen LogP contribution in [0.2, 0.25) is 10.0 Å². The van der Waals surface area contributed by atoms with Crippen molar-refractivity contribution in [1.29, 1.82) is 0 Å². The van der Waals surface area contributed by atoms with Gasteiger partial charge in [-0.3, -0.25) is 9.78 Å². The molecule has 2 heterocycles. The maximum absolute atomic E-state index is 12.5. The number of aromatic nitrogens is 2. The molecule has 4 nitrogen and oxygen atoms in total. The highest BCUT2D eigenvalue weighted by Gasteiger charge is 2.15. The number of aromatic amines is 1. The van der Waals surface area contributed by atoms with E-state index >= 15 is 0 Å². The van der Waals surface area contributed by atoms with E-state index in [0.717, 1.165) is 10.1 Å². The molecule has 7 heteroatoms. The molecule has 3 rings (SSSR count). The van der Waals surface area contributed by atoms with Gasteiger partial charge in [0.25, 0.3) is 5.56 Å². The van der Waals surface area contributed by atoms with E-state index in [9.17, 15) is 9.59 Å². The van der Waals surface area contributed by atoms with Crippen LogP contribution in [0.15, 0.2) is 33.2 Å². The summed E-state index contributed by atoms with van der Waals surface area (Å²) < 4.78 is 0.996. The van der Waals surface area contributed by atoms with E-state index in [4.69, 9.17) is 29.6 Å². The van der Waals surface area contributed by atoms with Crippen molar-refractivity contribution in [2.45, 2.75) is 6.54 Å². The molecule has 0 bridgehead atoms. The number of fused-ring (bicyclic) bond motifs is 1. The lowest BCUT2D eigenvalue weighted by molar-refractivity contribution is 0.743. The molecule has 0 amide bonds. The minimum absolute atomic E-state index is 0.0826. The van der Waals surface area contributed by atoms with Crippen LogP contribution in [0, 0.1) is 12.3 Å². The normalized spacial score (nSPS) is 10.8. The molecule has 0 saturated heterocycles. The Morgan fingerprint density at radius 2 is 2.05 bits per heavy atom. The molecule has 0 spiro atoms. The van der Waals surface area contributed by atoms with E-state index in [0.29, 0.717) is 25.8 Å². The second-order valence-electron chi connectivity index (χ2n) is 4.51. The number of hydrogen-bond donors (Lipinski definition) is 1. The number of nitrogens with zero attached hydrogens (tertiary/aromatic N) is 1. The summed E-state index contributed by atoms with van der Waals surface area (Å²) in [7, 11) is 0. The van der Waals surface area contributed by atoms with Crippen LogP contribution in [-0.4, -0.2) is 9.55 Å². The summed E-state index contributed by atoms with van der Waals surface area (Å²) in [5.74, 6) is 2.31. The van der Waals surface area contributed by atoms with E-state index in [-0.39, 0.29) is 6.54 Å². The lowest BCUT2D eigenvalue weighted by Crippen LogP contribution is -2.34. The standard InChI is InChI=1S/C15H8Cl2N2O2S/c1-2-5-19-14(20)12-9(7-22-13(12)18-15(19)21)8-3-4-10(16)11(17)6-8/h1,3-4,6-7H,5H2,(H,18,21). The zero-order valence-electron chi connectivity index (χ0n) is 11.0. The van der Waals surface area contributed by atoms with Crippen molar-refractivity contribution in [3.63, 3.8) is 0 Å². The van der Waals surface area contributed by atoms with Crippen LogP contribution in [-0.2, 0) is 6.54 Å². The van der Waals surface area contributed by atoms with Gasteiger partial charge >= 0.3 is 5.69 Å². The number of benzene rings is 1. The minimum Gasteiger partial charge on any atom is -0.298 e. The van der Waals surface area contributed by atoms with Gasteiger partial charge in [-0.15, -0.1) is 17.8 Å². The number of halogens is 2. The summed E-state index contributed by atoms with van der Waals surface area (Å²) in [6.07, 6.45) is 5.21. The van der Waals surface area contributed by atoms with Crippen molar-refractivity contribution in [3.05, 3.63) is 54.5 Å². The fraction of sp³-hybridized carbons (Fsp3) is 0.0667. The SMILES string of the molecule is C#CCn1c(=O)[nH]c2scc(-c3ccc(Cl)c(Cl)c3)c2c1=O. The predicted molar refractivity (Wildman–Crippen MR) is 91.0 cm³/mol. The Balaban J connectivity index is 2.34. The van der Waals surface area contributed by atoms with Gasteiger partial charge in [0.2, 0.25) is 0 Å². The Labute approximate surface area is 138 Å². The van der Waals surface area contributed by atoms with Gasteiger partial charge in [-0.25, -0.2) is 9.36 Å². The van der Waals surface area contributed by atoms with Crippen molar-refractivity contribution < 1.29 is 0 Å². The first-order chi connectivity index (χ1) is 10.5. The van der Waals surface area contributed by atoms with Gasteiger partial charge in [0, 0.05) is 10.9 Å². The van der Waals surface area contributed by atoms with Crippen LogP contribution in [0.3, 0.4) is 0 Å². The molecule has 0 radical (unpaired) electrons. The molecular formula is C15H8Cl2N2O2S. The maximum Gasteiger partial charge on any atom is 0.330 e. The van der Waals surface area contributed by atoms with Crippen molar-refractivity contribution in [1.82, 2.24) is 9.55 Å². The van der Waals surface area contributed by atoms with Gasteiger partial charge in [0.05, 0.1) is 22.0 Å². The summed E-state index contributed by atoms with van der Waals surface area (Å²) in [5, 5.41) is 3.04. The number of H-pyrrole nitrogens is 1. The second-order valence-corrected chi connectivity index (χ2v) is 6.20. The summed E-state index contributed by atoms with van der Waals surface area (Å²) in [6.45, 7) is -0.0826. The van der Waals surface area contributed by atoms with Gasteiger partial charge in [0.1, 0.15) is 4.83 Å². The molecule has 0 aliphatic rings. The van der Waals surface area contributed by atoms with Gasteiger partial charge in [-0.2, -0.15) is 0 Å². The molecule has 0 saturated carbocycles. The largest absolute Gasteiger partial charge is 0.330 e. The second kappa shape index (κ2) is 5.65. The van der Waals surface area contributed by atoms with Gasteiger partial charge in [-0.1, -0.05) is 35.2 Å². The monoisotopic (exact) mass is 350 g/mol. The molecule has 1 aromatic carbocycles. The van der Waals surface area contributed by atoms with Crippen molar-refractivity contribution in [2.75, 3.05) is 0 Å². The average molecular weight is 351 g/mol. The summed E-state index contributed by atoms with van der Waals surface area (Å²) in [6, 6.07) is 5.11. The Morgan fingerprint density at radius 3 is 2.73 bits per heavy atom. The quantitative estimate of drug-likeness (QED) is 0.720. The molecule has 110 valence electrons. The molecule has 1 N–H and O–H groups in total. The van der Waals surface area contributed by atoms with Crippen molar-refractivity contribution in [2.24, 2.45) is 0 Å². The Kier molecular flexibility index (Phi) is 3.83. The summed E-state index contributed by atoms with van der Waals surface area (Å²) in [5.41, 5.74) is 0.500. The zero-order chi connectivity index (χ0) is 15.9.